The number of rotatable bonds is 7. The molecule has 9 heteroatoms. The number of carbonyl (C=O) groups excluding carboxylic acids is 1. The van der Waals surface area contributed by atoms with Crippen LogP contribution in [-0.4, -0.2) is 22.0 Å². The van der Waals surface area contributed by atoms with Crippen molar-refractivity contribution in [1.82, 2.24) is 9.55 Å². The number of halogens is 2. The summed E-state index contributed by atoms with van der Waals surface area (Å²) in [6, 6.07) is 2.41. The van der Waals surface area contributed by atoms with Crippen LogP contribution in [0.15, 0.2) is 27.8 Å². The zero-order chi connectivity index (χ0) is 20.1. The van der Waals surface area contributed by atoms with E-state index in [1.165, 1.54) is 4.57 Å². The summed E-state index contributed by atoms with van der Waals surface area (Å²) in [5.41, 5.74) is 4.07. The first kappa shape index (κ1) is 20.3. The smallest absolute Gasteiger partial charge is 0.330 e. The van der Waals surface area contributed by atoms with Gasteiger partial charge in [0, 0.05) is 24.7 Å². The maximum absolute atomic E-state index is 13.5. The van der Waals surface area contributed by atoms with Gasteiger partial charge < -0.3 is 10.6 Å². The lowest BCUT2D eigenvalue weighted by molar-refractivity contribution is 0.0985. The van der Waals surface area contributed by atoms with Crippen molar-refractivity contribution in [3.05, 3.63) is 56.2 Å². The molecule has 0 bridgehead atoms. The van der Waals surface area contributed by atoms with Crippen LogP contribution in [0.5, 0.6) is 0 Å². The number of aromatic amines is 1. The Morgan fingerprint density at radius 3 is 2.33 bits per heavy atom. The molecule has 1 amide bonds. The molecule has 0 saturated carbocycles. The molecule has 1 aromatic heterocycles. The highest BCUT2D eigenvalue weighted by Crippen LogP contribution is 2.21. The van der Waals surface area contributed by atoms with Gasteiger partial charge in [-0.3, -0.25) is 19.1 Å². The second kappa shape index (κ2) is 8.61. The molecule has 0 aliphatic rings. The molecule has 27 heavy (non-hydrogen) atoms. The maximum Gasteiger partial charge on any atom is 0.330 e. The number of amides is 1. The van der Waals surface area contributed by atoms with Gasteiger partial charge in [-0.1, -0.05) is 20.3 Å². The van der Waals surface area contributed by atoms with E-state index in [0.717, 1.165) is 23.5 Å². The third-order valence-corrected chi connectivity index (χ3v) is 4.02. The van der Waals surface area contributed by atoms with Crippen molar-refractivity contribution in [2.45, 2.75) is 39.7 Å². The number of benzene rings is 1. The number of aromatic nitrogens is 2. The lowest BCUT2D eigenvalue weighted by Gasteiger charge is -2.24. The number of anilines is 2. The molecule has 0 radical (unpaired) electrons. The first-order valence-corrected chi connectivity index (χ1v) is 8.70. The van der Waals surface area contributed by atoms with Crippen LogP contribution in [0.2, 0.25) is 0 Å². The monoisotopic (exact) mass is 380 g/mol. The zero-order valence-electron chi connectivity index (χ0n) is 15.2. The fourth-order valence-corrected chi connectivity index (χ4v) is 2.75. The van der Waals surface area contributed by atoms with Crippen molar-refractivity contribution in [2.75, 3.05) is 17.2 Å². The quantitative estimate of drug-likeness (QED) is 0.769. The van der Waals surface area contributed by atoms with E-state index >= 15 is 0 Å². The van der Waals surface area contributed by atoms with Crippen LogP contribution < -0.4 is 21.9 Å². The molecule has 0 unspecified atom stereocenters. The van der Waals surface area contributed by atoms with E-state index in [2.05, 4.69) is 4.98 Å². The maximum atomic E-state index is 13.5. The van der Waals surface area contributed by atoms with Crippen molar-refractivity contribution in [3.8, 4) is 0 Å². The number of H-pyrrole nitrogens is 1. The number of nitrogens with zero attached hydrogens (tertiary/aromatic N) is 2. The zero-order valence-corrected chi connectivity index (χ0v) is 15.2. The van der Waals surface area contributed by atoms with Gasteiger partial charge in [-0.15, -0.1) is 0 Å². The second-order valence-corrected chi connectivity index (χ2v) is 6.11. The van der Waals surface area contributed by atoms with Crippen molar-refractivity contribution in [3.63, 3.8) is 0 Å². The Kier molecular flexibility index (Phi) is 6.49. The van der Waals surface area contributed by atoms with E-state index in [0.29, 0.717) is 18.9 Å². The Morgan fingerprint density at radius 1 is 1.15 bits per heavy atom. The minimum absolute atomic E-state index is 0.0796. The lowest BCUT2D eigenvalue weighted by atomic mass is 10.1. The number of carbonyl (C=O) groups is 1. The van der Waals surface area contributed by atoms with Gasteiger partial charge in [0.05, 0.1) is 0 Å². The summed E-state index contributed by atoms with van der Waals surface area (Å²) in [6.07, 6.45) is 1.89. The van der Waals surface area contributed by atoms with Crippen molar-refractivity contribution < 1.29 is 13.6 Å². The molecule has 1 heterocycles. The Hall–Kier alpha value is -2.97. The van der Waals surface area contributed by atoms with E-state index in [1.54, 1.807) is 6.92 Å². The van der Waals surface area contributed by atoms with Crippen LogP contribution in [0.25, 0.3) is 0 Å². The topological polar surface area (TPSA) is 101 Å². The molecule has 0 aliphatic heterocycles. The molecule has 1 aromatic carbocycles. The van der Waals surface area contributed by atoms with Gasteiger partial charge in [0.2, 0.25) is 0 Å². The average molecular weight is 380 g/mol. The summed E-state index contributed by atoms with van der Waals surface area (Å²) in [5, 5.41) is 0. The molecule has 0 saturated heterocycles. The van der Waals surface area contributed by atoms with Crippen LogP contribution >= 0.6 is 0 Å². The van der Waals surface area contributed by atoms with Crippen molar-refractivity contribution in [1.29, 1.82) is 0 Å². The number of nitrogens with one attached hydrogen (secondary N) is 1. The Balaban J connectivity index is 2.60. The fourth-order valence-electron chi connectivity index (χ4n) is 2.75. The minimum atomic E-state index is -0.912. The summed E-state index contributed by atoms with van der Waals surface area (Å²) in [6.45, 7) is 4.05. The van der Waals surface area contributed by atoms with E-state index in [-0.39, 0.29) is 30.2 Å². The number of nitrogens with two attached hydrogens (primary N) is 1. The standard InChI is InChI=1S/C18H22F2N4O3/c1-3-5-7-24-15(21)14(16(25)22-18(24)27)23(6-4-2)17(26)11-8-12(19)10-13(20)9-11/h8-10H,3-7,21H2,1-2H3,(H,22,25,27). The highest BCUT2D eigenvalue weighted by molar-refractivity contribution is 6.07. The molecule has 7 nitrogen and oxygen atoms in total. The first-order chi connectivity index (χ1) is 12.8. The predicted molar refractivity (Wildman–Crippen MR) is 99.0 cm³/mol. The van der Waals surface area contributed by atoms with Gasteiger partial charge in [-0.05, 0) is 25.0 Å². The summed E-state index contributed by atoms with van der Waals surface area (Å²) >= 11 is 0. The third kappa shape index (κ3) is 4.42. The minimum Gasteiger partial charge on any atom is -0.383 e. The summed E-state index contributed by atoms with van der Waals surface area (Å²) in [5.74, 6) is -2.77. The number of unbranched alkanes of at least 4 members (excludes halogenated alkanes) is 1. The highest BCUT2D eigenvalue weighted by atomic mass is 19.1. The van der Waals surface area contributed by atoms with Gasteiger partial charge in [0.1, 0.15) is 17.5 Å². The predicted octanol–water partition coefficient (Wildman–Crippen LogP) is 2.25. The van der Waals surface area contributed by atoms with Gasteiger partial charge in [-0.25, -0.2) is 13.6 Å². The van der Waals surface area contributed by atoms with Crippen LogP contribution in [0.1, 0.15) is 43.5 Å². The van der Waals surface area contributed by atoms with Crippen LogP contribution in [-0.2, 0) is 6.54 Å². The number of nitrogen functional groups attached to an aromatic ring is 1. The largest absolute Gasteiger partial charge is 0.383 e. The van der Waals surface area contributed by atoms with Gasteiger partial charge >= 0.3 is 5.69 Å². The van der Waals surface area contributed by atoms with E-state index in [9.17, 15) is 23.2 Å². The van der Waals surface area contributed by atoms with E-state index in [4.69, 9.17) is 5.73 Å². The molecule has 0 spiro atoms. The van der Waals surface area contributed by atoms with Gasteiger partial charge in [-0.2, -0.15) is 0 Å². The number of hydrogen-bond acceptors (Lipinski definition) is 4. The molecule has 0 aliphatic carbocycles. The normalized spacial score (nSPS) is 10.8. The third-order valence-electron chi connectivity index (χ3n) is 4.02. The molecular formula is C18H22F2N4O3. The molecule has 3 N–H and O–H groups in total. The second-order valence-electron chi connectivity index (χ2n) is 6.11. The molecule has 146 valence electrons. The van der Waals surface area contributed by atoms with Gasteiger partial charge in [0.15, 0.2) is 5.69 Å². The molecule has 0 atom stereocenters. The van der Waals surface area contributed by atoms with Crippen molar-refractivity contribution in [2.24, 2.45) is 0 Å². The lowest BCUT2D eigenvalue weighted by Crippen LogP contribution is -2.41. The molecule has 2 aromatic rings. The SMILES string of the molecule is CCCCn1c(N)c(N(CCC)C(=O)c2cc(F)cc(F)c2)c(=O)[nH]c1=O. The van der Waals surface area contributed by atoms with Crippen LogP contribution in [0.4, 0.5) is 20.3 Å². The Labute approximate surface area is 154 Å². The van der Waals surface area contributed by atoms with E-state index < -0.39 is 28.8 Å². The Morgan fingerprint density at radius 2 is 1.78 bits per heavy atom. The van der Waals surface area contributed by atoms with Crippen LogP contribution in [0, 0.1) is 11.6 Å². The summed E-state index contributed by atoms with van der Waals surface area (Å²) in [7, 11) is 0. The van der Waals surface area contributed by atoms with Crippen LogP contribution in [0.3, 0.4) is 0 Å². The Bertz CT molecular complexity index is 932. The average Bonchev–Trinajstić information content (AvgIpc) is 2.59. The van der Waals surface area contributed by atoms with E-state index in [1.807, 2.05) is 6.92 Å². The van der Waals surface area contributed by atoms with Crippen molar-refractivity contribution >= 4 is 17.4 Å². The summed E-state index contributed by atoms with van der Waals surface area (Å²) < 4.78 is 28.2. The molecule has 0 fully saturated rings. The molecule has 2 rings (SSSR count). The fraction of sp³-hybridized carbons (Fsp3) is 0.389. The number of hydrogen-bond donors (Lipinski definition) is 2. The highest BCUT2D eigenvalue weighted by Gasteiger charge is 2.25. The summed E-state index contributed by atoms with van der Waals surface area (Å²) in [4.78, 5) is 40.5. The molecular weight excluding hydrogens is 358 g/mol. The van der Waals surface area contributed by atoms with Gasteiger partial charge in [0.25, 0.3) is 11.5 Å². The first-order valence-electron chi connectivity index (χ1n) is 8.70.